The summed E-state index contributed by atoms with van der Waals surface area (Å²) in [6.45, 7) is 8.24. The second kappa shape index (κ2) is 9.66. The minimum absolute atomic E-state index is 0.131. The Balaban J connectivity index is 1.41. The molecule has 2 bridgehead atoms. The van der Waals surface area contributed by atoms with Crippen molar-refractivity contribution < 1.29 is 19.1 Å². The Morgan fingerprint density at radius 3 is 2.42 bits per heavy atom. The van der Waals surface area contributed by atoms with Crippen LogP contribution < -0.4 is 10.6 Å². The first kappa shape index (κ1) is 25.0. The Bertz CT molecular complexity index is 1050. The van der Waals surface area contributed by atoms with E-state index in [0.717, 1.165) is 25.7 Å². The number of nitrogens with one attached hydrogen (secondary N) is 2. The molecule has 6 atom stereocenters. The van der Waals surface area contributed by atoms with Gasteiger partial charge in [-0.3, -0.25) is 14.4 Å². The summed E-state index contributed by atoms with van der Waals surface area (Å²) < 4.78 is 6.43. The van der Waals surface area contributed by atoms with Gasteiger partial charge in [0.15, 0.2) is 0 Å². The molecule has 1 aromatic rings. The van der Waals surface area contributed by atoms with Gasteiger partial charge in [-0.2, -0.15) is 0 Å². The average molecular weight is 494 g/mol. The standard InChI is InChI=1S/C29H39N3O4/c1-5-18(4)32-25(27(34)31-20-9-7-6-8-10-20)29-16-15-22(36-29)23(24(29)28(32)35)26(33)30-21-13-11-19(12-14-21)17(2)3/h11-18,20,22-25H,5-10H2,1-4H3,(H,30,33)(H,31,34). The van der Waals surface area contributed by atoms with Gasteiger partial charge in [-0.1, -0.05) is 64.3 Å². The van der Waals surface area contributed by atoms with Crippen LogP contribution in [0.3, 0.4) is 0 Å². The van der Waals surface area contributed by atoms with Crippen LogP contribution in [-0.4, -0.2) is 52.5 Å². The minimum atomic E-state index is -1.10. The number of carbonyl (C=O) groups is 3. The molecule has 1 aromatic carbocycles. The zero-order chi connectivity index (χ0) is 25.6. The van der Waals surface area contributed by atoms with E-state index in [1.165, 1.54) is 12.0 Å². The third-order valence-electron chi connectivity index (χ3n) is 8.73. The molecule has 2 N–H and O–H groups in total. The molecule has 4 aliphatic rings. The Labute approximate surface area is 214 Å². The molecule has 36 heavy (non-hydrogen) atoms. The first-order valence-corrected chi connectivity index (χ1v) is 13.7. The van der Waals surface area contributed by atoms with Crippen molar-refractivity contribution in [2.24, 2.45) is 11.8 Å². The summed E-state index contributed by atoms with van der Waals surface area (Å²) >= 11 is 0. The van der Waals surface area contributed by atoms with Crippen molar-refractivity contribution in [1.29, 1.82) is 0 Å². The largest absolute Gasteiger partial charge is 0.359 e. The van der Waals surface area contributed by atoms with Crippen LogP contribution in [0.25, 0.3) is 0 Å². The van der Waals surface area contributed by atoms with Crippen molar-refractivity contribution in [3.8, 4) is 0 Å². The van der Waals surface area contributed by atoms with Crippen molar-refractivity contribution in [2.75, 3.05) is 5.32 Å². The second-order valence-electron chi connectivity index (χ2n) is 11.3. The molecule has 0 aromatic heterocycles. The first-order valence-electron chi connectivity index (χ1n) is 13.7. The highest BCUT2D eigenvalue weighted by Crippen LogP contribution is 2.55. The molecular weight excluding hydrogens is 454 g/mol. The molecule has 1 spiro atoms. The van der Waals surface area contributed by atoms with E-state index in [4.69, 9.17) is 4.74 Å². The third kappa shape index (κ3) is 4.05. The molecule has 1 aliphatic carbocycles. The SMILES string of the molecule is CCC(C)N1C(=O)C2C(C(=O)Nc3ccc(C(C)C)cc3)C3C=CC2(O3)C1C(=O)NC1CCCCC1. The van der Waals surface area contributed by atoms with Crippen LogP contribution in [0.2, 0.25) is 0 Å². The molecule has 7 nitrogen and oxygen atoms in total. The van der Waals surface area contributed by atoms with Gasteiger partial charge in [-0.15, -0.1) is 0 Å². The normalized spacial score (nSPS) is 32.1. The number of rotatable bonds is 7. The van der Waals surface area contributed by atoms with E-state index in [1.54, 1.807) is 4.90 Å². The molecule has 3 aliphatic heterocycles. The maximum absolute atomic E-state index is 13.9. The Kier molecular flexibility index (Phi) is 6.70. The lowest BCUT2D eigenvalue weighted by Crippen LogP contribution is -2.58. The topological polar surface area (TPSA) is 87.7 Å². The summed E-state index contributed by atoms with van der Waals surface area (Å²) in [6.07, 6.45) is 9.30. The summed E-state index contributed by atoms with van der Waals surface area (Å²) in [5.74, 6) is -1.54. The molecule has 2 saturated heterocycles. The lowest BCUT2D eigenvalue weighted by Gasteiger charge is -2.36. The molecular formula is C29H39N3O4. The highest BCUT2D eigenvalue weighted by Gasteiger charge is 2.73. The van der Waals surface area contributed by atoms with Crippen LogP contribution in [-0.2, 0) is 19.1 Å². The van der Waals surface area contributed by atoms with Crippen molar-refractivity contribution in [1.82, 2.24) is 10.2 Å². The molecule has 7 heteroatoms. The van der Waals surface area contributed by atoms with Crippen LogP contribution in [0.1, 0.15) is 77.7 Å². The number of hydrogen-bond acceptors (Lipinski definition) is 4. The number of amides is 3. The van der Waals surface area contributed by atoms with E-state index in [9.17, 15) is 14.4 Å². The zero-order valence-electron chi connectivity index (χ0n) is 21.8. The third-order valence-corrected chi connectivity index (χ3v) is 8.73. The monoisotopic (exact) mass is 493 g/mol. The van der Waals surface area contributed by atoms with Crippen LogP contribution in [0.5, 0.6) is 0 Å². The fourth-order valence-electron chi connectivity index (χ4n) is 6.58. The maximum atomic E-state index is 13.9. The lowest BCUT2D eigenvalue weighted by molar-refractivity contribution is -0.143. The van der Waals surface area contributed by atoms with Gasteiger partial charge in [0.1, 0.15) is 11.6 Å². The van der Waals surface area contributed by atoms with Gasteiger partial charge in [-0.25, -0.2) is 0 Å². The minimum Gasteiger partial charge on any atom is -0.359 e. The highest BCUT2D eigenvalue weighted by atomic mass is 16.5. The number of nitrogens with zero attached hydrogens (tertiary/aromatic N) is 1. The van der Waals surface area contributed by atoms with Crippen molar-refractivity contribution in [3.05, 3.63) is 42.0 Å². The maximum Gasteiger partial charge on any atom is 0.246 e. The van der Waals surface area contributed by atoms with Crippen LogP contribution in [0.4, 0.5) is 5.69 Å². The quantitative estimate of drug-likeness (QED) is 0.559. The number of anilines is 1. The van der Waals surface area contributed by atoms with Gasteiger partial charge in [-0.05, 0) is 49.8 Å². The first-order chi connectivity index (χ1) is 17.3. The highest BCUT2D eigenvalue weighted by molar-refractivity contribution is 6.02. The van der Waals surface area contributed by atoms with E-state index in [1.807, 2.05) is 50.3 Å². The molecule has 3 fully saturated rings. The van der Waals surface area contributed by atoms with E-state index >= 15 is 0 Å². The summed E-state index contributed by atoms with van der Waals surface area (Å²) in [5.41, 5.74) is 0.786. The second-order valence-corrected chi connectivity index (χ2v) is 11.3. The molecule has 194 valence electrons. The molecule has 6 unspecified atom stereocenters. The number of carbonyl (C=O) groups excluding carboxylic acids is 3. The van der Waals surface area contributed by atoms with Crippen molar-refractivity contribution >= 4 is 23.4 Å². The predicted octanol–water partition coefficient (Wildman–Crippen LogP) is 4.15. The fraction of sp³-hybridized carbons (Fsp3) is 0.621. The van der Waals surface area contributed by atoms with Crippen LogP contribution in [0, 0.1) is 11.8 Å². The lowest BCUT2D eigenvalue weighted by atomic mass is 9.74. The number of benzene rings is 1. The Morgan fingerprint density at radius 1 is 1.08 bits per heavy atom. The summed E-state index contributed by atoms with van der Waals surface area (Å²) in [5, 5.41) is 6.24. The van der Waals surface area contributed by atoms with E-state index < -0.39 is 29.6 Å². The predicted molar refractivity (Wildman–Crippen MR) is 138 cm³/mol. The smallest absolute Gasteiger partial charge is 0.246 e. The number of ether oxygens (including phenoxy) is 1. The molecule has 1 saturated carbocycles. The van der Waals surface area contributed by atoms with Gasteiger partial charge in [0.05, 0.1) is 17.9 Å². The van der Waals surface area contributed by atoms with E-state index in [2.05, 4.69) is 24.5 Å². The van der Waals surface area contributed by atoms with E-state index in [-0.39, 0.29) is 29.8 Å². The van der Waals surface area contributed by atoms with Crippen molar-refractivity contribution in [3.63, 3.8) is 0 Å². The van der Waals surface area contributed by atoms with E-state index in [0.29, 0.717) is 18.0 Å². The van der Waals surface area contributed by atoms with Crippen LogP contribution in [0.15, 0.2) is 36.4 Å². The summed E-state index contributed by atoms with van der Waals surface area (Å²) in [7, 11) is 0. The fourth-order valence-corrected chi connectivity index (χ4v) is 6.58. The Morgan fingerprint density at radius 2 is 1.78 bits per heavy atom. The number of likely N-dealkylation sites (tertiary alicyclic amines) is 1. The zero-order valence-corrected chi connectivity index (χ0v) is 21.8. The van der Waals surface area contributed by atoms with Gasteiger partial charge < -0.3 is 20.3 Å². The molecule has 5 rings (SSSR count). The van der Waals surface area contributed by atoms with Gasteiger partial charge in [0, 0.05) is 17.8 Å². The molecule has 3 heterocycles. The number of fused-ring (bicyclic) bond motifs is 1. The van der Waals surface area contributed by atoms with Gasteiger partial charge >= 0.3 is 0 Å². The average Bonchev–Trinajstić information content (AvgIpc) is 3.51. The molecule has 3 amide bonds. The van der Waals surface area contributed by atoms with Gasteiger partial charge in [0.25, 0.3) is 0 Å². The number of hydrogen-bond donors (Lipinski definition) is 2. The van der Waals surface area contributed by atoms with Gasteiger partial charge in [0.2, 0.25) is 17.7 Å². The van der Waals surface area contributed by atoms with Crippen molar-refractivity contribution in [2.45, 2.75) is 102 Å². The molecule has 0 radical (unpaired) electrons. The Hall–Kier alpha value is -2.67. The summed E-state index contributed by atoms with van der Waals surface area (Å²) in [6, 6.07) is 7.04. The summed E-state index contributed by atoms with van der Waals surface area (Å²) in [4.78, 5) is 42.9. The van der Waals surface area contributed by atoms with Crippen LogP contribution >= 0.6 is 0 Å².